The number of hydrogen-bond acceptors (Lipinski definition) is 3. The fourth-order valence-electron chi connectivity index (χ4n) is 2.21. The second-order valence-corrected chi connectivity index (χ2v) is 4.86. The van der Waals surface area contributed by atoms with Crippen molar-refractivity contribution in [3.8, 4) is 11.3 Å². The summed E-state index contributed by atoms with van der Waals surface area (Å²) in [5, 5.41) is 11.6. The minimum atomic E-state index is -0.345. The normalized spacial score (nSPS) is 11.2. The molecule has 1 aromatic carbocycles. The van der Waals surface area contributed by atoms with Gasteiger partial charge in [-0.05, 0) is 24.3 Å². The molecule has 0 aliphatic heterocycles. The number of rotatable bonds is 4. The Bertz CT molecular complexity index is 865. The molecular formula is C16H14FN5O. The van der Waals surface area contributed by atoms with Gasteiger partial charge in [-0.25, -0.2) is 9.38 Å². The van der Waals surface area contributed by atoms with Crippen LogP contribution in [0.1, 0.15) is 17.1 Å². The van der Waals surface area contributed by atoms with Gasteiger partial charge in [0.25, 0.3) is 0 Å². The number of amidine groups is 1. The number of halogens is 1. The number of hydrogen-bond donors (Lipinski definition) is 3. The predicted molar refractivity (Wildman–Crippen MR) is 85.0 cm³/mol. The molecule has 6 nitrogen and oxygen atoms in total. The van der Waals surface area contributed by atoms with E-state index in [1.54, 1.807) is 30.3 Å². The monoisotopic (exact) mass is 311 g/mol. The van der Waals surface area contributed by atoms with Gasteiger partial charge in [-0.15, -0.1) is 0 Å². The third-order valence-electron chi connectivity index (χ3n) is 3.28. The maximum absolute atomic E-state index is 13.7. The van der Waals surface area contributed by atoms with E-state index in [2.05, 4.69) is 15.1 Å². The van der Waals surface area contributed by atoms with Crippen molar-refractivity contribution in [3.63, 3.8) is 0 Å². The van der Waals surface area contributed by atoms with Gasteiger partial charge in [0, 0.05) is 23.7 Å². The molecule has 0 fully saturated rings. The fourth-order valence-corrected chi connectivity index (χ4v) is 2.21. The molecule has 0 saturated carbocycles. The third kappa shape index (κ3) is 3.18. The van der Waals surface area contributed by atoms with Gasteiger partial charge in [-0.1, -0.05) is 17.3 Å². The lowest BCUT2D eigenvalue weighted by atomic mass is 10.1. The van der Waals surface area contributed by atoms with E-state index >= 15 is 0 Å². The van der Waals surface area contributed by atoms with E-state index in [4.69, 9.17) is 15.7 Å². The first-order chi connectivity index (χ1) is 11.2. The molecule has 0 amide bonds. The van der Waals surface area contributed by atoms with Crippen LogP contribution in [0.5, 0.6) is 0 Å². The number of nitrogens with zero attached hydrogens (tertiary/aromatic N) is 2. The fraction of sp³-hybridized carbons (Fsp3) is 0.0625. The summed E-state index contributed by atoms with van der Waals surface area (Å²) in [4.78, 5) is 6.75. The van der Waals surface area contributed by atoms with Gasteiger partial charge in [0.15, 0.2) is 5.84 Å². The van der Waals surface area contributed by atoms with Crippen molar-refractivity contribution in [2.75, 3.05) is 0 Å². The van der Waals surface area contributed by atoms with Crippen molar-refractivity contribution < 1.29 is 8.91 Å². The molecule has 0 atom stereocenters. The standard InChI is InChI=1S/C16H14FN5O/c17-13-4-2-1-3-12(13)15-8-11(23-22-15)7-10-5-6-14(21-10)16(19)20-9-18/h1-6,8-9,21H,7H2,(H3,18,19,20). The lowest BCUT2D eigenvalue weighted by Gasteiger charge is -1.96. The summed E-state index contributed by atoms with van der Waals surface area (Å²) in [7, 11) is 0. The first-order valence-electron chi connectivity index (χ1n) is 6.89. The van der Waals surface area contributed by atoms with E-state index < -0.39 is 0 Å². The Kier molecular flexibility index (Phi) is 4.01. The molecule has 7 heteroatoms. The Labute approximate surface area is 131 Å². The largest absolute Gasteiger partial charge is 0.390 e. The molecule has 0 spiro atoms. The summed E-state index contributed by atoms with van der Waals surface area (Å²) >= 11 is 0. The smallest absolute Gasteiger partial charge is 0.169 e. The van der Waals surface area contributed by atoms with Crippen molar-refractivity contribution in [3.05, 3.63) is 65.4 Å². The summed E-state index contributed by atoms with van der Waals surface area (Å²) < 4.78 is 19.0. The van der Waals surface area contributed by atoms with Crippen LogP contribution in [0.2, 0.25) is 0 Å². The van der Waals surface area contributed by atoms with Gasteiger partial charge >= 0.3 is 0 Å². The molecule has 0 radical (unpaired) electrons. The van der Waals surface area contributed by atoms with Crippen molar-refractivity contribution in [1.82, 2.24) is 10.1 Å². The van der Waals surface area contributed by atoms with Crippen LogP contribution in [0.15, 0.2) is 52.0 Å². The lowest BCUT2D eigenvalue weighted by molar-refractivity contribution is 0.390. The van der Waals surface area contributed by atoms with Gasteiger partial charge in [0.1, 0.15) is 17.3 Å². The number of aliphatic imine (C=N–C) groups is 1. The first-order valence-corrected chi connectivity index (χ1v) is 6.89. The molecule has 2 aromatic heterocycles. The summed E-state index contributed by atoms with van der Waals surface area (Å²) in [5.74, 6) is 0.288. The van der Waals surface area contributed by atoms with E-state index in [1.165, 1.54) is 6.07 Å². The number of nitrogens with two attached hydrogens (primary N) is 1. The van der Waals surface area contributed by atoms with Gasteiger partial charge in [0.05, 0.1) is 12.0 Å². The van der Waals surface area contributed by atoms with Crippen LogP contribution in [0.4, 0.5) is 4.39 Å². The van der Waals surface area contributed by atoms with E-state index in [0.29, 0.717) is 29.1 Å². The maximum Gasteiger partial charge on any atom is 0.169 e. The minimum absolute atomic E-state index is 0.0448. The average Bonchev–Trinajstić information content (AvgIpc) is 3.18. The lowest BCUT2D eigenvalue weighted by Crippen LogP contribution is -2.00. The molecule has 3 aromatic rings. The maximum atomic E-state index is 13.7. The van der Waals surface area contributed by atoms with Gasteiger partial charge in [0.2, 0.25) is 0 Å². The van der Waals surface area contributed by atoms with Crippen LogP contribution >= 0.6 is 0 Å². The van der Waals surface area contributed by atoms with Crippen LogP contribution in [-0.4, -0.2) is 22.3 Å². The highest BCUT2D eigenvalue weighted by atomic mass is 19.1. The minimum Gasteiger partial charge on any atom is -0.390 e. The van der Waals surface area contributed by atoms with E-state index in [0.717, 1.165) is 12.0 Å². The molecule has 0 bridgehead atoms. The number of nitrogens with one attached hydrogen (secondary N) is 2. The van der Waals surface area contributed by atoms with Crippen molar-refractivity contribution >= 4 is 12.2 Å². The van der Waals surface area contributed by atoms with Gasteiger partial charge < -0.3 is 15.2 Å². The predicted octanol–water partition coefficient (Wildman–Crippen LogP) is 2.71. The molecular weight excluding hydrogens is 297 g/mol. The molecule has 4 N–H and O–H groups in total. The van der Waals surface area contributed by atoms with Crippen molar-refractivity contribution in [2.45, 2.75) is 6.42 Å². The van der Waals surface area contributed by atoms with E-state index in [-0.39, 0.29) is 11.7 Å². The Balaban J connectivity index is 1.77. The molecule has 0 aliphatic rings. The average molecular weight is 311 g/mol. The van der Waals surface area contributed by atoms with Crippen molar-refractivity contribution in [1.29, 1.82) is 5.41 Å². The Morgan fingerprint density at radius 1 is 1.35 bits per heavy atom. The zero-order valence-corrected chi connectivity index (χ0v) is 12.1. The highest BCUT2D eigenvalue weighted by Crippen LogP contribution is 2.23. The number of aromatic amines is 1. The molecule has 116 valence electrons. The molecule has 0 saturated heterocycles. The van der Waals surface area contributed by atoms with Crippen LogP contribution in [0.3, 0.4) is 0 Å². The second-order valence-electron chi connectivity index (χ2n) is 4.86. The highest BCUT2D eigenvalue weighted by molar-refractivity contribution is 5.99. The Hall–Kier alpha value is -3.22. The zero-order valence-electron chi connectivity index (χ0n) is 12.1. The van der Waals surface area contributed by atoms with Gasteiger partial charge in [-0.3, -0.25) is 5.41 Å². The van der Waals surface area contributed by atoms with Crippen LogP contribution in [0.25, 0.3) is 11.3 Å². The molecule has 23 heavy (non-hydrogen) atoms. The summed E-state index contributed by atoms with van der Waals surface area (Å²) in [6, 6.07) is 11.6. The van der Waals surface area contributed by atoms with Crippen molar-refractivity contribution in [2.24, 2.45) is 10.7 Å². The Morgan fingerprint density at radius 3 is 2.96 bits per heavy atom. The van der Waals surface area contributed by atoms with Crippen LogP contribution < -0.4 is 5.73 Å². The van der Waals surface area contributed by atoms with Crippen LogP contribution in [0, 0.1) is 11.2 Å². The number of benzene rings is 1. The molecule has 0 aliphatic carbocycles. The van der Waals surface area contributed by atoms with Gasteiger partial charge in [-0.2, -0.15) is 0 Å². The summed E-state index contributed by atoms with van der Waals surface area (Å²) in [5.41, 5.74) is 7.39. The summed E-state index contributed by atoms with van der Waals surface area (Å²) in [6.45, 7) is 0. The topological polar surface area (TPSA) is 104 Å². The van der Waals surface area contributed by atoms with Crippen LogP contribution in [-0.2, 0) is 6.42 Å². The third-order valence-corrected chi connectivity index (χ3v) is 3.28. The van der Waals surface area contributed by atoms with E-state index in [1.807, 2.05) is 6.07 Å². The number of H-pyrrole nitrogens is 1. The molecule has 3 rings (SSSR count). The first kappa shape index (κ1) is 14.7. The molecule has 2 heterocycles. The number of aromatic nitrogens is 2. The SMILES string of the molecule is N=C(N=CN)c1ccc(Cc2cc(-c3ccccc3F)no2)[nH]1. The summed E-state index contributed by atoms with van der Waals surface area (Å²) in [6.07, 6.45) is 1.51. The second kappa shape index (κ2) is 6.27. The van der Waals surface area contributed by atoms with E-state index in [9.17, 15) is 4.39 Å². The quantitative estimate of drug-likeness (QED) is 0.509. The molecule has 0 unspecified atom stereocenters. The Morgan fingerprint density at radius 2 is 2.17 bits per heavy atom. The zero-order chi connectivity index (χ0) is 16.2. The highest BCUT2D eigenvalue weighted by Gasteiger charge is 2.12.